The summed E-state index contributed by atoms with van der Waals surface area (Å²) in [6.45, 7) is 3.37. The molecule has 1 aliphatic heterocycles. The number of nitrogens with zero attached hydrogens (tertiary/aromatic N) is 1. The quantitative estimate of drug-likeness (QED) is 0.798. The summed E-state index contributed by atoms with van der Waals surface area (Å²) in [5.41, 5.74) is 0. The molecule has 100 valence electrons. The van der Waals surface area contributed by atoms with Crippen molar-refractivity contribution in [3.05, 3.63) is 30.1 Å². The molecule has 18 heavy (non-hydrogen) atoms. The monoisotopic (exact) mass is 268 g/mol. The van der Waals surface area contributed by atoms with E-state index in [0.717, 1.165) is 23.7 Å². The first-order valence-corrected chi connectivity index (χ1v) is 7.53. The molecule has 2 nitrogen and oxygen atoms in total. The summed E-state index contributed by atoms with van der Waals surface area (Å²) in [6.07, 6.45) is 2.61. The van der Waals surface area contributed by atoms with Crippen molar-refractivity contribution in [2.45, 2.75) is 23.8 Å². The van der Waals surface area contributed by atoms with Gasteiger partial charge >= 0.3 is 0 Å². The second kappa shape index (κ2) is 7.12. The molecular formula is C14H21FN2S. The Morgan fingerprint density at radius 2 is 2.17 bits per heavy atom. The topological polar surface area (TPSA) is 15.3 Å². The summed E-state index contributed by atoms with van der Waals surface area (Å²) in [7, 11) is 2.17. The van der Waals surface area contributed by atoms with Crippen LogP contribution in [0.4, 0.5) is 4.39 Å². The smallest absolute Gasteiger partial charge is 0.123 e. The van der Waals surface area contributed by atoms with Crippen molar-refractivity contribution >= 4 is 11.8 Å². The van der Waals surface area contributed by atoms with Gasteiger partial charge in [0.05, 0.1) is 0 Å². The van der Waals surface area contributed by atoms with E-state index >= 15 is 0 Å². The lowest BCUT2D eigenvalue weighted by Gasteiger charge is -2.20. The van der Waals surface area contributed by atoms with Crippen LogP contribution >= 0.6 is 11.8 Å². The van der Waals surface area contributed by atoms with Crippen LogP contribution in [0.3, 0.4) is 0 Å². The third-order valence-electron chi connectivity index (χ3n) is 3.25. The van der Waals surface area contributed by atoms with Crippen molar-refractivity contribution in [1.29, 1.82) is 0 Å². The molecule has 1 aromatic carbocycles. The molecule has 0 bridgehead atoms. The Kier molecular flexibility index (Phi) is 5.47. The van der Waals surface area contributed by atoms with Crippen molar-refractivity contribution in [3.8, 4) is 0 Å². The molecule has 1 aromatic rings. The highest BCUT2D eigenvalue weighted by atomic mass is 32.2. The molecule has 0 amide bonds. The molecule has 0 spiro atoms. The molecule has 2 rings (SSSR count). The summed E-state index contributed by atoms with van der Waals surface area (Å²) >= 11 is 1.79. The molecule has 1 fully saturated rings. The highest BCUT2D eigenvalue weighted by Gasteiger charge is 2.15. The molecule has 1 atom stereocenters. The number of benzene rings is 1. The Balaban J connectivity index is 1.63. The van der Waals surface area contributed by atoms with Gasteiger partial charge in [-0.25, -0.2) is 4.39 Å². The molecular weight excluding hydrogens is 247 g/mol. The maximum atomic E-state index is 12.7. The van der Waals surface area contributed by atoms with Crippen molar-refractivity contribution in [3.63, 3.8) is 0 Å². The van der Waals surface area contributed by atoms with Crippen LogP contribution in [0.25, 0.3) is 0 Å². The van der Waals surface area contributed by atoms with E-state index in [-0.39, 0.29) is 5.82 Å². The zero-order valence-electron chi connectivity index (χ0n) is 10.9. The van der Waals surface area contributed by atoms with E-state index in [1.807, 2.05) is 12.1 Å². The van der Waals surface area contributed by atoms with E-state index in [2.05, 4.69) is 17.3 Å². The number of hydrogen-bond donors (Lipinski definition) is 1. The van der Waals surface area contributed by atoms with Gasteiger partial charge in [-0.1, -0.05) is 0 Å². The summed E-state index contributed by atoms with van der Waals surface area (Å²) in [4.78, 5) is 3.52. The Hall–Kier alpha value is -0.580. The molecule has 1 heterocycles. The van der Waals surface area contributed by atoms with Crippen LogP contribution < -0.4 is 5.32 Å². The predicted octanol–water partition coefficient (Wildman–Crippen LogP) is 2.60. The molecule has 1 unspecified atom stereocenters. The first-order chi connectivity index (χ1) is 8.74. The van der Waals surface area contributed by atoms with E-state index in [1.165, 1.54) is 31.5 Å². The average molecular weight is 268 g/mol. The van der Waals surface area contributed by atoms with Crippen LogP contribution in [0.2, 0.25) is 0 Å². The number of halogens is 1. The van der Waals surface area contributed by atoms with Crippen LogP contribution in [0.1, 0.15) is 12.8 Å². The molecule has 1 saturated heterocycles. The zero-order valence-corrected chi connectivity index (χ0v) is 11.7. The number of thioether (sulfide) groups is 1. The molecule has 0 radical (unpaired) electrons. The highest BCUT2D eigenvalue weighted by molar-refractivity contribution is 7.99. The predicted molar refractivity (Wildman–Crippen MR) is 75.6 cm³/mol. The standard InChI is InChI=1S/C14H21FN2S/c1-17(11-13-3-2-8-16-13)9-10-18-14-6-4-12(15)5-7-14/h4-7,13,16H,2-3,8-11H2,1H3. The van der Waals surface area contributed by atoms with Crippen LogP contribution in [0.5, 0.6) is 0 Å². The Morgan fingerprint density at radius 3 is 2.83 bits per heavy atom. The molecule has 0 aromatic heterocycles. The number of likely N-dealkylation sites (N-methyl/N-ethyl adjacent to an activating group) is 1. The summed E-state index contributed by atoms with van der Waals surface area (Å²) < 4.78 is 12.7. The second-order valence-corrected chi connectivity index (χ2v) is 6.03. The fourth-order valence-electron chi connectivity index (χ4n) is 2.23. The third kappa shape index (κ3) is 4.59. The van der Waals surface area contributed by atoms with E-state index in [0.29, 0.717) is 6.04 Å². The fourth-order valence-corrected chi connectivity index (χ4v) is 3.20. The minimum atomic E-state index is -0.163. The van der Waals surface area contributed by atoms with E-state index < -0.39 is 0 Å². The summed E-state index contributed by atoms with van der Waals surface area (Å²) in [5.74, 6) is 0.887. The lowest BCUT2D eigenvalue weighted by Crippen LogP contribution is -2.36. The van der Waals surface area contributed by atoms with Crippen LogP contribution in [0, 0.1) is 5.82 Å². The minimum Gasteiger partial charge on any atom is -0.313 e. The van der Waals surface area contributed by atoms with Gasteiger partial charge in [0.15, 0.2) is 0 Å². The number of rotatable bonds is 6. The minimum absolute atomic E-state index is 0.163. The van der Waals surface area contributed by atoms with Gasteiger partial charge in [-0.05, 0) is 50.7 Å². The molecule has 1 aliphatic rings. The summed E-state index contributed by atoms with van der Waals surface area (Å²) in [5, 5.41) is 3.51. The van der Waals surface area contributed by atoms with Gasteiger partial charge < -0.3 is 10.2 Å². The Morgan fingerprint density at radius 1 is 1.39 bits per heavy atom. The second-order valence-electron chi connectivity index (χ2n) is 4.86. The molecule has 1 N–H and O–H groups in total. The van der Waals surface area contributed by atoms with Gasteiger partial charge in [-0.15, -0.1) is 11.8 Å². The fraction of sp³-hybridized carbons (Fsp3) is 0.571. The Labute approximate surface area is 113 Å². The largest absolute Gasteiger partial charge is 0.313 e. The van der Waals surface area contributed by atoms with Crippen LogP contribution in [-0.2, 0) is 0 Å². The SMILES string of the molecule is CN(CCSc1ccc(F)cc1)CC1CCCN1. The highest BCUT2D eigenvalue weighted by Crippen LogP contribution is 2.18. The van der Waals surface area contributed by atoms with Crippen molar-refractivity contribution in [2.24, 2.45) is 0 Å². The molecule has 4 heteroatoms. The van der Waals surface area contributed by atoms with E-state index in [1.54, 1.807) is 11.8 Å². The number of nitrogens with one attached hydrogen (secondary N) is 1. The van der Waals surface area contributed by atoms with Crippen molar-refractivity contribution in [2.75, 3.05) is 32.4 Å². The third-order valence-corrected chi connectivity index (χ3v) is 4.24. The average Bonchev–Trinajstić information content (AvgIpc) is 2.84. The van der Waals surface area contributed by atoms with Gasteiger partial charge in [0.1, 0.15) is 5.82 Å². The first kappa shape index (κ1) is 13.8. The van der Waals surface area contributed by atoms with Crippen LogP contribution in [-0.4, -0.2) is 43.4 Å². The van der Waals surface area contributed by atoms with Gasteiger partial charge in [0.2, 0.25) is 0 Å². The number of hydrogen-bond acceptors (Lipinski definition) is 3. The maximum absolute atomic E-state index is 12.7. The lowest BCUT2D eigenvalue weighted by molar-refractivity contribution is 0.317. The zero-order chi connectivity index (χ0) is 12.8. The van der Waals surface area contributed by atoms with Gasteiger partial charge in [-0.2, -0.15) is 0 Å². The normalized spacial score (nSPS) is 19.6. The van der Waals surface area contributed by atoms with Crippen LogP contribution in [0.15, 0.2) is 29.2 Å². The Bertz CT molecular complexity index is 349. The molecule has 0 saturated carbocycles. The van der Waals surface area contributed by atoms with Gasteiger partial charge in [0, 0.05) is 29.8 Å². The van der Waals surface area contributed by atoms with E-state index in [4.69, 9.17) is 0 Å². The van der Waals surface area contributed by atoms with Crippen molar-refractivity contribution in [1.82, 2.24) is 10.2 Å². The molecule has 0 aliphatic carbocycles. The van der Waals surface area contributed by atoms with Gasteiger partial charge in [-0.3, -0.25) is 0 Å². The summed E-state index contributed by atoms with van der Waals surface area (Å²) in [6, 6.07) is 7.41. The van der Waals surface area contributed by atoms with Gasteiger partial charge in [0.25, 0.3) is 0 Å². The van der Waals surface area contributed by atoms with Crippen molar-refractivity contribution < 1.29 is 4.39 Å². The van der Waals surface area contributed by atoms with E-state index in [9.17, 15) is 4.39 Å². The lowest BCUT2D eigenvalue weighted by atomic mass is 10.2. The maximum Gasteiger partial charge on any atom is 0.123 e. The first-order valence-electron chi connectivity index (χ1n) is 6.54.